The molecular formula is C18H25Cl2F2N3O. The molecule has 4 fully saturated rings. The molecular weight excluding hydrogens is 383 g/mol. The Hall–Kier alpha value is -0.950. The van der Waals surface area contributed by atoms with Gasteiger partial charge in [0.2, 0.25) is 5.91 Å². The Morgan fingerprint density at radius 3 is 2.50 bits per heavy atom. The van der Waals surface area contributed by atoms with E-state index in [1.165, 1.54) is 0 Å². The highest BCUT2D eigenvalue weighted by atomic mass is 35.5. The first kappa shape index (κ1) is 21.4. The molecule has 26 heavy (non-hydrogen) atoms. The first-order chi connectivity index (χ1) is 11.6. The summed E-state index contributed by atoms with van der Waals surface area (Å²) in [5, 5.41) is 0. The molecule has 5 rings (SSSR count). The number of hydrogen-bond donors (Lipinski definition) is 1. The predicted molar refractivity (Wildman–Crippen MR) is 101 cm³/mol. The average molecular weight is 408 g/mol. The van der Waals surface area contributed by atoms with Crippen LogP contribution in [0.25, 0.3) is 0 Å². The van der Waals surface area contributed by atoms with Crippen molar-refractivity contribution in [3.63, 3.8) is 0 Å². The van der Waals surface area contributed by atoms with Gasteiger partial charge in [-0.1, -0.05) is 12.1 Å². The summed E-state index contributed by atoms with van der Waals surface area (Å²) < 4.78 is 28.1. The van der Waals surface area contributed by atoms with Gasteiger partial charge in [-0.25, -0.2) is 8.78 Å². The van der Waals surface area contributed by atoms with Crippen molar-refractivity contribution >= 4 is 30.7 Å². The van der Waals surface area contributed by atoms with E-state index >= 15 is 0 Å². The van der Waals surface area contributed by atoms with Crippen molar-refractivity contribution in [2.45, 2.75) is 37.3 Å². The lowest BCUT2D eigenvalue weighted by Gasteiger charge is -2.51. The molecule has 0 saturated carbocycles. The fraction of sp³-hybridized carbons (Fsp3) is 0.611. The minimum absolute atomic E-state index is 0. The van der Waals surface area contributed by atoms with Crippen molar-refractivity contribution in [3.05, 3.63) is 35.4 Å². The van der Waals surface area contributed by atoms with Crippen LogP contribution in [0.4, 0.5) is 8.78 Å². The Bertz CT molecular complexity index is 655. The Kier molecular flexibility index (Phi) is 6.88. The van der Waals surface area contributed by atoms with Crippen LogP contribution < -0.4 is 5.73 Å². The molecule has 0 unspecified atom stereocenters. The lowest BCUT2D eigenvalue weighted by molar-refractivity contribution is -0.135. The van der Waals surface area contributed by atoms with E-state index in [9.17, 15) is 13.6 Å². The summed E-state index contributed by atoms with van der Waals surface area (Å²) in [5.41, 5.74) is 5.97. The Morgan fingerprint density at radius 2 is 1.85 bits per heavy atom. The van der Waals surface area contributed by atoms with Crippen molar-refractivity contribution in [1.82, 2.24) is 9.80 Å². The second kappa shape index (κ2) is 8.38. The number of carbonyl (C=O) groups excluding carboxylic acids is 1. The van der Waals surface area contributed by atoms with Gasteiger partial charge in [0, 0.05) is 31.5 Å². The summed E-state index contributed by atoms with van der Waals surface area (Å²) in [6.45, 7) is 2.75. The maximum Gasteiger partial charge on any atom is 0.224 e. The third-order valence-corrected chi connectivity index (χ3v) is 6.05. The zero-order valence-electron chi connectivity index (χ0n) is 14.4. The quantitative estimate of drug-likeness (QED) is 0.837. The maximum atomic E-state index is 14.4. The number of amides is 1. The molecule has 2 bridgehead atoms. The molecule has 0 aliphatic carbocycles. The molecule has 4 saturated heterocycles. The maximum absolute atomic E-state index is 14.4. The van der Waals surface area contributed by atoms with Crippen molar-refractivity contribution in [1.29, 1.82) is 0 Å². The standard InChI is InChI=1S/C18H23F2N3O.2ClH/c19-14-3-1-2-12(16(14)20)13-10-23(15(24)4-7-21)17-11-5-8-22(9-6-11)18(13)17;;/h1-3,11,13,17-18H,4-10,21H2;2*1H/t13-,17+,18+;;/m0../s1. The molecule has 4 aliphatic rings. The summed E-state index contributed by atoms with van der Waals surface area (Å²) in [4.78, 5) is 16.8. The number of piperidine rings is 3. The van der Waals surface area contributed by atoms with Gasteiger partial charge in [-0.05, 0) is 43.5 Å². The molecule has 3 atom stereocenters. The number of rotatable bonds is 3. The van der Waals surface area contributed by atoms with Gasteiger partial charge in [0.15, 0.2) is 11.6 Å². The van der Waals surface area contributed by atoms with E-state index in [0.717, 1.165) is 32.0 Å². The van der Waals surface area contributed by atoms with Crippen molar-refractivity contribution < 1.29 is 13.6 Å². The zero-order chi connectivity index (χ0) is 16.8. The summed E-state index contributed by atoms with van der Waals surface area (Å²) >= 11 is 0. The minimum Gasteiger partial charge on any atom is -0.337 e. The van der Waals surface area contributed by atoms with E-state index in [1.807, 2.05) is 4.90 Å². The summed E-state index contributed by atoms with van der Waals surface area (Å²) in [5.74, 6) is -1.25. The van der Waals surface area contributed by atoms with Gasteiger partial charge in [0.05, 0.1) is 6.04 Å². The van der Waals surface area contributed by atoms with Gasteiger partial charge in [-0.2, -0.15) is 0 Å². The van der Waals surface area contributed by atoms with Crippen molar-refractivity contribution in [3.8, 4) is 0 Å². The van der Waals surface area contributed by atoms with Crippen molar-refractivity contribution in [2.24, 2.45) is 11.7 Å². The lowest BCUT2D eigenvalue weighted by Crippen LogP contribution is -2.60. The highest BCUT2D eigenvalue weighted by molar-refractivity contribution is 5.85. The first-order valence-electron chi connectivity index (χ1n) is 8.79. The molecule has 4 heterocycles. The van der Waals surface area contributed by atoms with Gasteiger partial charge in [-0.15, -0.1) is 24.8 Å². The van der Waals surface area contributed by atoms with Crippen LogP contribution in [0.2, 0.25) is 0 Å². The number of benzene rings is 1. The molecule has 1 aromatic rings. The predicted octanol–water partition coefficient (Wildman–Crippen LogP) is 2.55. The molecule has 4 aliphatic heterocycles. The van der Waals surface area contributed by atoms with E-state index < -0.39 is 11.6 Å². The van der Waals surface area contributed by atoms with Crippen LogP contribution in [0, 0.1) is 17.6 Å². The second-order valence-corrected chi connectivity index (χ2v) is 7.19. The summed E-state index contributed by atoms with van der Waals surface area (Å²) in [7, 11) is 0. The molecule has 0 radical (unpaired) electrons. The van der Waals surface area contributed by atoms with Gasteiger partial charge in [0.1, 0.15) is 0 Å². The van der Waals surface area contributed by atoms with Gasteiger partial charge < -0.3 is 10.6 Å². The van der Waals surface area contributed by atoms with Crippen LogP contribution in [0.15, 0.2) is 18.2 Å². The van der Waals surface area contributed by atoms with E-state index in [2.05, 4.69) is 4.90 Å². The number of hydrogen-bond acceptors (Lipinski definition) is 3. The van der Waals surface area contributed by atoms with Crippen molar-refractivity contribution in [2.75, 3.05) is 26.2 Å². The molecule has 8 heteroatoms. The number of nitrogens with two attached hydrogens (primary N) is 1. The smallest absolute Gasteiger partial charge is 0.224 e. The average Bonchev–Trinajstić information content (AvgIpc) is 3.01. The number of carbonyl (C=O) groups is 1. The highest BCUT2D eigenvalue weighted by Crippen LogP contribution is 2.47. The molecule has 146 valence electrons. The number of fused-ring (bicyclic) bond motifs is 2. The van der Waals surface area contributed by atoms with Crippen LogP contribution in [0.3, 0.4) is 0 Å². The SMILES string of the molecule is Cl.Cl.NCCC(=O)N1C[C@@H](c2cccc(F)c2F)[C@@H]2[C@H]1C1CCN2CC1. The van der Waals surface area contributed by atoms with Crippen LogP contribution in [0.1, 0.15) is 30.7 Å². The normalized spacial score (nSPS) is 31.8. The van der Waals surface area contributed by atoms with Gasteiger partial charge in [0.25, 0.3) is 0 Å². The molecule has 0 spiro atoms. The summed E-state index contributed by atoms with van der Waals surface area (Å²) in [6, 6.07) is 4.58. The second-order valence-electron chi connectivity index (χ2n) is 7.19. The highest BCUT2D eigenvalue weighted by Gasteiger charge is 2.54. The largest absolute Gasteiger partial charge is 0.337 e. The van der Waals surface area contributed by atoms with E-state index in [4.69, 9.17) is 5.73 Å². The Labute approximate surface area is 164 Å². The van der Waals surface area contributed by atoms with E-state index in [0.29, 0.717) is 31.0 Å². The van der Waals surface area contributed by atoms with Gasteiger partial charge >= 0.3 is 0 Å². The molecule has 4 nitrogen and oxygen atoms in total. The third-order valence-electron chi connectivity index (χ3n) is 6.05. The molecule has 1 aromatic carbocycles. The number of halogens is 4. The fourth-order valence-corrected chi connectivity index (χ4v) is 5.05. The van der Waals surface area contributed by atoms with Gasteiger partial charge in [-0.3, -0.25) is 9.69 Å². The lowest BCUT2D eigenvalue weighted by atomic mass is 9.75. The number of likely N-dealkylation sites (tertiary alicyclic amines) is 1. The van der Waals surface area contributed by atoms with E-state index in [1.54, 1.807) is 12.1 Å². The fourth-order valence-electron chi connectivity index (χ4n) is 5.05. The molecule has 2 N–H and O–H groups in total. The topological polar surface area (TPSA) is 49.6 Å². The Balaban J connectivity index is 0.00000121. The summed E-state index contributed by atoms with van der Waals surface area (Å²) in [6.07, 6.45) is 2.46. The van der Waals surface area contributed by atoms with Crippen LogP contribution >= 0.6 is 24.8 Å². The Morgan fingerprint density at radius 1 is 1.15 bits per heavy atom. The van der Waals surface area contributed by atoms with Crippen LogP contribution in [-0.2, 0) is 4.79 Å². The zero-order valence-corrected chi connectivity index (χ0v) is 16.1. The first-order valence-corrected chi connectivity index (χ1v) is 8.79. The minimum atomic E-state index is -0.813. The number of nitrogens with zero attached hydrogens (tertiary/aromatic N) is 2. The van der Waals surface area contributed by atoms with Crippen LogP contribution in [-0.4, -0.2) is 54.0 Å². The van der Waals surface area contributed by atoms with E-state index in [-0.39, 0.29) is 48.7 Å². The molecule has 0 aromatic heterocycles. The molecule has 1 amide bonds. The monoisotopic (exact) mass is 407 g/mol. The third kappa shape index (κ3) is 3.33. The van der Waals surface area contributed by atoms with Crippen LogP contribution in [0.5, 0.6) is 0 Å².